The Morgan fingerprint density at radius 3 is 1.92 bits per heavy atom. The zero-order valence-electron chi connectivity index (χ0n) is 9.22. The highest BCUT2D eigenvalue weighted by Crippen LogP contribution is 2.70. The van der Waals surface area contributed by atoms with Gasteiger partial charge in [0.25, 0.3) is 0 Å². The van der Waals surface area contributed by atoms with Crippen molar-refractivity contribution in [3.63, 3.8) is 0 Å². The lowest BCUT2D eigenvalue weighted by Gasteiger charge is -2.06. The predicted molar refractivity (Wildman–Crippen MR) is 52.5 cm³/mol. The van der Waals surface area contributed by atoms with E-state index < -0.39 is 5.97 Å². The van der Waals surface area contributed by atoms with Gasteiger partial charge in [-0.05, 0) is 23.2 Å². The van der Waals surface area contributed by atoms with Crippen molar-refractivity contribution in [2.45, 2.75) is 41.0 Å². The molecule has 1 atom stereocenters. The van der Waals surface area contributed by atoms with Gasteiger partial charge in [0.2, 0.25) is 0 Å². The third-order valence-corrected chi connectivity index (χ3v) is 4.33. The van der Waals surface area contributed by atoms with Gasteiger partial charge in [-0.15, -0.1) is 0 Å². The molecular formula is C11H20O2. The molecule has 0 heterocycles. The molecule has 0 aromatic heterocycles. The van der Waals surface area contributed by atoms with E-state index in [1.54, 1.807) is 6.92 Å². The van der Waals surface area contributed by atoms with Crippen LogP contribution in [0.1, 0.15) is 41.0 Å². The molecule has 0 aliphatic heterocycles. The van der Waals surface area contributed by atoms with Crippen LogP contribution in [0.2, 0.25) is 0 Å². The fraction of sp³-hybridized carbons (Fsp3) is 0.909. The maximum absolute atomic E-state index is 10.7. The largest absolute Gasteiger partial charge is 0.481 e. The lowest BCUT2D eigenvalue weighted by atomic mass is 9.99. The van der Waals surface area contributed by atoms with E-state index in [1.165, 1.54) is 0 Å². The standard InChI is InChI=1S/C11H20O2/c1-7(9(12)13)6-8-10(2,3)11(8,4)5/h7-8H,6H2,1-5H3,(H,12,13). The minimum absolute atomic E-state index is 0.203. The summed E-state index contributed by atoms with van der Waals surface area (Å²) >= 11 is 0. The van der Waals surface area contributed by atoms with E-state index in [1.807, 2.05) is 0 Å². The maximum Gasteiger partial charge on any atom is 0.306 e. The number of hydrogen-bond donors (Lipinski definition) is 1. The van der Waals surface area contributed by atoms with Crippen molar-refractivity contribution in [3.8, 4) is 0 Å². The van der Waals surface area contributed by atoms with Gasteiger partial charge < -0.3 is 5.11 Å². The zero-order chi connectivity index (χ0) is 10.4. The van der Waals surface area contributed by atoms with Crippen LogP contribution < -0.4 is 0 Å². The molecule has 0 spiro atoms. The van der Waals surface area contributed by atoms with E-state index in [2.05, 4.69) is 27.7 Å². The van der Waals surface area contributed by atoms with Crippen LogP contribution in [0.4, 0.5) is 0 Å². The second-order valence-electron chi connectivity index (χ2n) is 5.47. The van der Waals surface area contributed by atoms with Crippen molar-refractivity contribution in [1.82, 2.24) is 0 Å². The molecule has 0 radical (unpaired) electrons. The Balaban J connectivity index is 2.56. The van der Waals surface area contributed by atoms with Crippen LogP contribution in [0.3, 0.4) is 0 Å². The molecule has 0 amide bonds. The van der Waals surface area contributed by atoms with Crippen LogP contribution >= 0.6 is 0 Å². The molecule has 1 N–H and O–H groups in total. The Hall–Kier alpha value is -0.530. The maximum atomic E-state index is 10.7. The summed E-state index contributed by atoms with van der Waals surface area (Å²) in [5, 5.41) is 8.80. The highest BCUT2D eigenvalue weighted by Gasteiger charge is 2.64. The molecule has 1 saturated carbocycles. The number of carboxylic acid groups (broad SMARTS) is 1. The van der Waals surface area contributed by atoms with E-state index in [0.29, 0.717) is 16.7 Å². The monoisotopic (exact) mass is 184 g/mol. The van der Waals surface area contributed by atoms with Gasteiger partial charge >= 0.3 is 5.97 Å². The van der Waals surface area contributed by atoms with Gasteiger partial charge in [0, 0.05) is 0 Å². The molecule has 2 nitrogen and oxygen atoms in total. The first-order chi connectivity index (χ1) is 5.71. The normalized spacial score (nSPS) is 26.8. The summed E-state index contributed by atoms with van der Waals surface area (Å²) in [6.45, 7) is 10.7. The van der Waals surface area contributed by atoms with Gasteiger partial charge in [-0.3, -0.25) is 4.79 Å². The topological polar surface area (TPSA) is 37.3 Å². The van der Waals surface area contributed by atoms with Gasteiger partial charge in [-0.25, -0.2) is 0 Å². The Labute approximate surface area is 80.3 Å². The number of aliphatic carboxylic acids is 1. The van der Waals surface area contributed by atoms with Crippen LogP contribution in [-0.2, 0) is 4.79 Å². The lowest BCUT2D eigenvalue weighted by Crippen LogP contribution is -2.11. The Morgan fingerprint density at radius 2 is 1.69 bits per heavy atom. The number of carbonyl (C=O) groups is 1. The Bertz CT molecular complexity index is 214. The average Bonchev–Trinajstić information content (AvgIpc) is 2.32. The number of carboxylic acids is 1. The van der Waals surface area contributed by atoms with Gasteiger partial charge in [0.1, 0.15) is 0 Å². The Morgan fingerprint density at radius 1 is 1.31 bits per heavy atom. The predicted octanol–water partition coefficient (Wildman–Crippen LogP) is 2.78. The molecule has 0 bridgehead atoms. The van der Waals surface area contributed by atoms with Gasteiger partial charge in [-0.1, -0.05) is 34.6 Å². The minimum Gasteiger partial charge on any atom is -0.481 e. The highest BCUT2D eigenvalue weighted by molar-refractivity contribution is 5.69. The minimum atomic E-state index is -0.668. The van der Waals surface area contributed by atoms with E-state index in [-0.39, 0.29) is 5.92 Å². The van der Waals surface area contributed by atoms with Gasteiger partial charge in [0.15, 0.2) is 0 Å². The first-order valence-corrected chi connectivity index (χ1v) is 4.94. The van der Waals surface area contributed by atoms with Crippen molar-refractivity contribution in [2.24, 2.45) is 22.7 Å². The molecule has 1 aliphatic rings. The van der Waals surface area contributed by atoms with Crippen molar-refractivity contribution in [2.75, 3.05) is 0 Å². The molecule has 1 fully saturated rings. The van der Waals surface area contributed by atoms with Crippen LogP contribution in [0.15, 0.2) is 0 Å². The third-order valence-electron chi connectivity index (χ3n) is 4.33. The first kappa shape index (κ1) is 10.6. The van der Waals surface area contributed by atoms with Crippen molar-refractivity contribution >= 4 is 5.97 Å². The summed E-state index contributed by atoms with van der Waals surface area (Å²) in [6, 6.07) is 0. The molecule has 0 aromatic carbocycles. The highest BCUT2D eigenvalue weighted by atomic mass is 16.4. The summed E-state index contributed by atoms with van der Waals surface area (Å²) < 4.78 is 0. The molecule has 0 saturated heterocycles. The summed E-state index contributed by atoms with van der Waals surface area (Å²) in [7, 11) is 0. The Kier molecular flexibility index (Phi) is 2.21. The van der Waals surface area contributed by atoms with Crippen molar-refractivity contribution < 1.29 is 9.90 Å². The van der Waals surface area contributed by atoms with E-state index in [0.717, 1.165) is 6.42 Å². The molecular weight excluding hydrogens is 164 g/mol. The molecule has 1 unspecified atom stereocenters. The first-order valence-electron chi connectivity index (χ1n) is 4.94. The summed E-state index contributed by atoms with van der Waals surface area (Å²) in [5.41, 5.74) is 0.632. The SMILES string of the molecule is CC(CC1C(C)(C)C1(C)C)C(=O)O. The van der Waals surface area contributed by atoms with Crippen LogP contribution in [0.25, 0.3) is 0 Å². The molecule has 0 aromatic rings. The molecule has 1 aliphatic carbocycles. The van der Waals surface area contributed by atoms with Crippen LogP contribution in [0, 0.1) is 22.7 Å². The number of hydrogen-bond acceptors (Lipinski definition) is 1. The second kappa shape index (κ2) is 2.73. The fourth-order valence-electron chi connectivity index (χ4n) is 2.38. The van der Waals surface area contributed by atoms with E-state index in [4.69, 9.17) is 5.11 Å². The summed E-state index contributed by atoms with van der Waals surface area (Å²) in [5.74, 6) is -0.310. The van der Waals surface area contributed by atoms with E-state index >= 15 is 0 Å². The molecule has 76 valence electrons. The van der Waals surface area contributed by atoms with Crippen molar-refractivity contribution in [1.29, 1.82) is 0 Å². The van der Waals surface area contributed by atoms with E-state index in [9.17, 15) is 4.79 Å². The van der Waals surface area contributed by atoms with Crippen LogP contribution in [-0.4, -0.2) is 11.1 Å². The van der Waals surface area contributed by atoms with Gasteiger partial charge in [0.05, 0.1) is 5.92 Å². The smallest absolute Gasteiger partial charge is 0.306 e. The van der Waals surface area contributed by atoms with Crippen LogP contribution in [0.5, 0.6) is 0 Å². The zero-order valence-corrected chi connectivity index (χ0v) is 9.22. The quantitative estimate of drug-likeness (QED) is 0.732. The summed E-state index contributed by atoms with van der Waals surface area (Å²) in [6.07, 6.45) is 0.815. The molecule has 13 heavy (non-hydrogen) atoms. The average molecular weight is 184 g/mol. The van der Waals surface area contributed by atoms with Gasteiger partial charge in [-0.2, -0.15) is 0 Å². The lowest BCUT2D eigenvalue weighted by molar-refractivity contribution is -0.141. The third kappa shape index (κ3) is 1.47. The second-order valence-corrected chi connectivity index (χ2v) is 5.47. The number of rotatable bonds is 3. The molecule has 2 heteroatoms. The molecule has 1 rings (SSSR count). The van der Waals surface area contributed by atoms with Crippen molar-refractivity contribution in [3.05, 3.63) is 0 Å². The fourth-order valence-corrected chi connectivity index (χ4v) is 2.38. The summed E-state index contributed by atoms with van der Waals surface area (Å²) in [4.78, 5) is 10.7.